The van der Waals surface area contributed by atoms with E-state index in [0.29, 0.717) is 12.0 Å². The van der Waals surface area contributed by atoms with Gasteiger partial charge in [-0.05, 0) is 37.0 Å². The Balaban J connectivity index is 1.82. The summed E-state index contributed by atoms with van der Waals surface area (Å²) in [7, 11) is -2.87. The summed E-state index contributed by atoms with van der Waals surface area (Å²) in [5.41, 5.74) is 7.12. The van der Waals surface area contributed by atoms with Crippen LogP contribution in [0.2, 0.25) is 0 Å². The van der Waals surface area contributed by atoms with E-state index < -0.39 is 28.6 Å². The molecule has 2 aromatic rings. The number of carbonyl (C=O) groups excluding carboxylic acids is 1. The lowest BCUT2D eigenvalue weighted by Crippen LogP contribution is -2.48. The van der Waals surface area contributed by atoms with Crippen LogP contribution in [0.15, 0.2) is 53.4 Å². The zero-order valence-corrected chi connectivity index (χ0v) is 19.0. The number of aryl methyl sites for hydroxylation is 1. The summed E-state index contributed by atoms with van der Waals surface area (Å²) in [6.45, 7) is -0.394. The Labute approximate surface area is 192 Å². The van der Waals surface area contributed by atoms with Crippen LogP contribution in [-0.4, -0.2) is 50.9 Å². The lowest BCUT2D eigenvalue weighted by atomic mass is 10.0. The molecular formula is C22H28N4O6S. The quantitative estimate of drug-likeness (QED) is 0.164. The number of carboxylic acid groups (broad SMARTS) is 1. The zero-order valence-electron chi connectivity index (χ0n) is 18.2. The molecule has 0 radical (unpaired) electrons. The van der Waals surface area contributed by atoms with Crippen molar-refractivity contribution in [2.45, 2.75) is 36.6 Å². The molecule has 33 heavy (non-hydrogen) atoms. The van der Waals surface area contributed by atoms with Crippen molar-refractivity contribution in [3.8, 4) is 5.75 Å². The highest BCUT2D eigenvalue weighted by Crippen LogP contribution is 2.22. The van der Waals surface area contributed by atoms with Gasteiger partial charge < -0.3 is 20.9 Å². The van der Waals surface area contributed by atoms with Gasteiger partial charge in [-0.3, -0.25) is 15.0 Å². The summed E-state index contributed by atoms with van der Waals surface area (Å²) in [6.07, 6.45) is 2.22. The van der Waals surface area contributed by atoms with Crippen molar-refractivity contribution in [2.24, 2.45) is 5.73 Å². The number of benzene rings is 2. The average Bonchev–Trinajstić information content (AvgIpc) is 2.79. The summed E-state index contributed by atoms with van der Waals surface area (Å²) in [6, 6.07) is 11.6. The number of aliphatic carboxylic acids is 1. The van der Waals surface area contributed by atoms with Crippen molar-refractivity contribution in [1.82, 2.24) is 10.0 Å². The van der Waals surface area contributed by atoms with Gasteiger partial charge >= 0.3 is 5.97 Å². The minimum atomic E-state index is -4.18. The van der Waals surface area contributed by atoms with Gasteiger partial charge in [0, 0.05) is 18.5 Å². The summed E-state index contributed by atoms with van der Waals surface area (Å²) < 4.78 is 32.3. The SMILES string of the molecule is COc1ccccc1S(=O)(=O)NC(CNC(=O)CCCCc1ccc(C(=N)N)cc1)C(=O)O. The Bertz CT molecular complexity index is 1090. The number of rotatable bonds is 13. The van der Waals surface area contributed by atoms with E-state index in [2.05, 4.69) is 10.0 Å². The van der Waals surface area contributed by atoms with E-state index in [1.807, 2.05) is 12.1 Å². The normalized spacial score (nSPS) is 12.0. The Morgan fingerprint density at radius 1 is 1.12 bits per heavy atom. The lowest BCUT2D eigenvalue weighted by Gasteiger charge is -2.17. The summed E-state index contributed by atoms with van der Waals surface area (Å²) >= 11 is 0. The minimum absolute atomic E-state index is 0.00285. The van der Waals surface area contributed by atoms with E-state index >= 15 is 0 Å². The molecule has 0 aliphatic carbocycles. The fraction of sp³-hybridized carbons (Fsp3) is 0.318. The van der Waals surface area contributed by atoms with Crippen LogP contribution in [0.3, 0.4) is 0 Å². The predicted octanol–water partition coefficient (Wildman–Crippen LogP) is 1.24. The van der Waals surface area contributed by atoms with Gasteiger partial charge in [-0.2, -0.15) is 4.72 Å². The molecular weight excluding hydrogens is 448 g/mol. The van der Waals surface area contributed by atoms with Crippen molar-refractivity contribution in [1.29, 1.82) is 5.41 Å². The van der Waals surface area contributed by atoms with Crippen LogP contribution in [0.1, 0.15) is 30.4 Å². The van der Waals surface area contributed by atoms with Crippen molar-refractivity contribution in [2.75, 3.05) is 13.7 Å². The summed E-state index contributed by atoms with van der Waals surface area (Å²) in [5.74, 6) is -1.70. The van der Waals surface area contributed by atoms with E-state index in [9.17, 15) is 23.1 Å². The van der Waals surface area contributed by atoms with Crippen LogP contribution in [0.5, 0.6) is 5.75 Å². The van der Waals surface area contributed by atoms with Gasteiger partial charge in [-0.15, -0.1) is 0 Å². The first-order valence-electron chi connectivity index (χ1n) is 10.2. The molecule has 10 nitrogen and oxygen atoms in total. The van der Waals surface area contributed by atoms with E-state index in [0.717, 1.165) is 18.4 Å². The molecule has 0 saturated heterocycles. The second kappa shape index (κ2) is 12.0. The Morgan fingerprint density at radius 3 is 2.39 bits per heavy atom. The number of nitrogen functional groups attached to an aromatic ring is 1. The molecule has 0 saturated carbocycles. The third-order valence-corrected chi connectivity index (χ3v) is 6.35. The summed E-state index contributed by atoms with van der Waals surface area (Å²) in [4.78, 5) is 23.4. The average molecular weight is 477 g/mol. The molecule has 0 aliphatic rings. The van der Waals surface area contributed by atoms with Gasteiger partial charge in [-0.25, -0.2) is 8.42 Å². The molecule has 2 aromatic carbocycles. The van der Waals surface area contributed by atoms with Crippen LogP contribution in [-0.2, 0) is 26.0 Å². The maximum Gasteiger partial charge on any atom is 0.323 e. The highest BCUT2D eigenvalue weighted by Gasteiger charge is 2.27. The van der Waals surface area contributed by atoms with E-state index in [-0.39, 0.29) is 28.8 Å². The Morgan fingerprint density at radius 2 is 1.79 bits per heavy atom. The van der Waals surface area contributed by atoms with Crippen molar-refractivity contribution < 1.29 is 27.9 Å². The number of sulfonamides is 1. The number of methoxy groups -OCH3 is 1. The number of nitrogens with two attached hydrogens (primary N) is 1. The fourth-order valence-electron chi connectivity index (χ4n) is 3.04. The molecule has 0 spiro atoms. The maximum atomic E-state index is 12.6. The predicted molar refractivity (Wildman–Crippen MR) is 123 cm³/mol. The lowest BCUT2D eigenvalue weighted by molar-refractivity contribution is -0.138. The maximum absolute atomic E-state index is 12.6. The third-order valence-electron chi connectivity index (χ3n) is 4.84. The topological polar surface area (TPSA) is 172 Å². The van der Waals surface area contributed by atoms with E-state index in [1.54, 1.807) is 18.2 Å². The van der Waals surface area contributed by atoms with Crippen LogP contribution in [0.4, 0.5) is 0 Å². The Kier molecular flexibility index (Phi) is 9.37. The molecule has 2 rings (SSSR count). The first-order valence-corrected chi connectivity index (χ1v) is 11.7. The molecule has 1 unspecified atom stereocenters. The number of hydrogen-bond donors (Lipinski definition) is 5. The molecule has 6 N–H and O–H groups in total. The number of carbonyl (C=O) groups is 2. The molecule has 0 heterocycles. The number of ether oxygens (including phenoxy) is 1. The largest absolute Gasteiger partial charge is 0.495 e. The van der Waals surface area contributed by atoms with Gasteiger partial charge in [0.2, 0.25) is 15.9 Å². The number of unbranched alkanes of at least 4 members (excludes halogenated alkanes) is 1. The molecule has 0 fully saturated rings. The van der Waals surface area contributed by atoms with Crippen molar-refractivity contribution in [3.63, 3.8) is 0 Å². The molecule has 0 aliphatic heterocycles. The highest BCUT2D eigenvalue weighted by molar-refractivity contribution is 7.89. The Hall–Kier alpha value is -3.44. The van der Waals surface area contributed by atoms with Crippen LogP contribution in [0, 0.1) is 5.41 Å². The van der Waals surface area contributed by atoms with Crippen molar-refractivity contribution >= 4 is 27.7 Å². The number of para-hydroxylation sites is 1. The van der Waals surface area contributed by atoms with Gasteiger partial charge in [0.25, 0.3) is 0 Å². The summed E-state index contributed by atoms with van der Waals surface area (Å²) in [5, 5.41) is 19.2. The van der Waals surface area contributed by atoms with Gasteiger partial charge in [0.05, 0.1) is 7.11 Å². The monoisotopic (exact) mass is 476 g/mol. The van der Waals surface area contributed by atoms with E-state index in [1.165, 1.54) is 25.3 Å². The highest BCUT2D eigenvalue weighted by atomic mass is 32.2. The standard InChI is InChI=1S/C22H28N4O6S/c1-32-18-7-3-4-8-19(18)33(30,31)26-17(22(28)29)14-25-20(27)9-5-2-6-15-10-12-16(13-11-15)21(23)24/h3-4,7-8,10-13,17,26H,2,5-6,9,14H2,1H3,(H3,23,24)(H,25,27)(H,28,29). The zero-order chi connectivity index (χ0) is 24.4. The molecule has 0 bridgehead atoms. The molecule has 1 amide bonds. The van der Waals surface area contributed by atoms with Crippen LogP contribution in [0.25, 0.3) is 0 Å². The molecule has 1 atom stereocenters. The molecule has 11 heteroatoms. The second-order valence-electron chi connectivity index (χ2n) is 7.28. The minimum Gasteiger partial charge on any atom is -0.495 e. The fourth-order valence-corrected chi connectivity index (χ4v) is 4.40. The number of amidine groups is 1. The van der Waals surface area contributed by atoms with Crippen molar-refractivity contribution in [3.05, 3.63) is 59.7 Å². The first kappa shape index (κ1) is 25.8. The smallest absolute Gasteiger partial charge is 0.323 e. The number of carboxylic acids is 1. The number of nitrogens with one attached hydrogen (secondary N) is 3. The van der Waals surface area contributed by atoms with Gasteiger partial charge in [0.1, 0.15) is 22.5 Å². The number of hydrogen-bond acceptors (Lipinski definition) is 6. The van der Waals surface area contributed by atoms with Crippen LogP contribution >= 0.6 is 0 Å². The number of amides is 1. The van der Waals surface area contributed by atoms with Gasteiger partial charge in [-0.1, -0.05) is 36.4 Å². The third kappa shape index (κ3) is 7.88. The molecule has 0 aromatic heterocycles. The second-order valence-corrected chi connectivity index (χ2v) is 8.97. The first-order chi connectivity index (χ1) is 15.6. The van der Waals surface area contributed by atoms with Gasteiger partial charge in [0.15, 0.2) is 0 Å². The van der Waals surface area contributed by atoms with Crippen LogP contribution < -0.4 is 20.5 Å². The molecule has 178 valence electrons. The van der Waals surface area contributed by atoms with E-state index in [4.69, 9.17) is 15.9 Å².